The normalized spacial score (nSPS) is 11.3. The lowest BCUT2D eigenvalue weighted by Crippen LogP contribution is -2.24. The molecule has 0 unspecified atom stereocenters. The predicted molar refractivity (Wildman–Crippen MR) is 82.9 cm³/mol. The third-order valence-electron chi connectivity index (χ3n) is 2.91. The van der Waals surface area contributed by atoms with E-state index in [4.69, 9.17) is 22.1 Å². The van der Waals surface area contributed by atoms with Crippen LogP contribution in [0.3, 0.4) is 0 Å². The summed E-state index contributed by atoms with van der Waals surface area (Å²) in [6.45, 7) is 0.0955. The minimum absolute atomic E-state index is 0.0371. The average Bonchev–Trinajstić information content (AvgIpc) is 2.48. The Balaban J connectivity index is 2.24. The van der Waals surface area contributed by atoms with Crippen LogP contribution in [0.1, 0.15) is 5.56 Å². The number of ether oxygens (including phenoxy) is 1. The fraction of sp³-hybridized carbons (Fsp3) is 0.143. The first kappa shape index (κ1) is 15.6. The van der Waals surface area contributed by atoms with Crippen molar-refractivity contribution in [2.45, 2.75) is 11.4 Å². The van der Waals surface area contributed by atoms with Crippen molar-refractivity contribution in [2.75, 3.05) is 12.8 Å². The fourth-order valence-electron chi connectivity index (χ4n) is 1.84. The van der Waals surface area contributed by atoms with Gasteiger partial charge in [-0.1, -0.05) is 29.8 Å². The third-order valence-corrected chi connectivity index (χ3v) is 4.60. The van der Waals surface area contributed by atoms with Crippen LogP contribution in [0.2, 0.25) is 5.02 Å². The van der Waals surface area contributed by atoms with E-state index < -0.39 is 10.0 Å². The molecular weight excluding hydrogens is 312 g/mol. The zero-order valence-corrected chi connectivity index (χ0v) is 12.9. The van der Waals surface area contributed by atoms with Crippen LogP contribution in [0.5, 0.6) is 5.75 Å². The number of nitrogens with two attached hydrogens (primary N) is 1. The first-order chi connectivity index (χ1) is 9.94. The van der Waals surface area contributed by atoms with Gasteiger partial charge in [0.25, 0.3) is 0 Å². The molecule has 0 saturated carbocycles. The molecule has 0 radical (unpaired) electrons. The van der Waals surface area contributed by atoms with Crippen LogP contribution in [0, 0.1) is 0 Å². The molecule has 0 saturated heterocycles. The summed E-state index contributed by atoms with van der Waals surface area (Å²) in [5, 5.41) is 0.307. The molecule has 0 aliphatic heterocycles. The van der Waals surface area contributed by atoms with Crippen molar-refractivity contribution >= 4 is 27.3 Å². The minimum atomic E-state index is -3.75. The van der Waals surface area contributed by atoms with Gasteiger partial charge >= 0.3 is 0 Å². The highest BCUT2D eigenvalue weighted by atomic mass is 35.5. The Morgan fingerprint density at radius 1 is 1.24 bits per heavy atom. The lowest BCUT2D eigenvalue weighted by molar-refractivity contribution is 0.409. The summed E-state index contributed by atoms with van der Waals surface area (Å²) in [6.07, 6.45) is 0. The molecule has 0 aliphatic rings. The van der Waals surface area contributed by atoms with E-state index in [0.29, 0.717) is 10.8 Å². The summed E-state index contributed by atoms with van der Waals surface area (Å²) in [4.78, 5) is -0.0371. The van der Waals surface area contributed by atoms with E-state index in [1.54, 1.807) is 18.2 Å². The van der Waals surface area contributed by atoms with Crippen molar-refractivity contribution in [1.82, 2.24) is 4.72 Å². The zero-order valence-electron chi connectivity index (χ0n) is 11.3. The van der Waals surface area contributed by atoms with E-state index in [1.807, 2.05) is 6.07 Å². The Hall–Kier alpha value is -1.76. The molecular formula is C14H15ClN2O3S. The molecule has 0 bridgehead atoms. The van der Waals surface area contributed by atoms with Gasteiger partial charge in [0.05, 0.1) is 12.8 Å². The number of hydrogen-bond acceptors (Lipinski definition) is 4. The van der Waals surface area contributed by atoms with Crippen molar-refractivity contribution in [3.8, 4) is 5.75 Å². The summed E-state index contributed by atoms with van der Waals surface area (Å²) < 4.78 is 32.2. The number of sulfonamides is 1. The average molecular weight is 327 g/mol. The Bertz CT molecular complexity index is 748. The molecule has 2 aromatic carbocycles. The molecule has 3 N–H and O–H groups in total. The lowest BCUT2D eigenvalue weighted by Gasteiger charge is -2.11. The van der Waals surface area contributed by atoms with Crippen LogP contribution >= 0.6 is 11.6 Å². The van der Waals surface area contributed by atoms with E-state index in [1.165, 1.54) is 25.3 Å². The number of para-hydroxylation sites is 1. The maximum Gasteiger partial charge on any atom is 0.242 e. The quantitative estimate of drug-likeness (QED) is 0.827. The van der Waals surface area contributed by atoms with E-state index in [0.717, 1.165) is 5.56 Å². The molecule has 0 aliphatic carbocycles. The molecule has 0 fully saturated rings. The Morgan fingerprint density at radius 2 is 1.95 bits per heavy atom. The number of nitrogens with one attached hydrogen (secondary N) is 1. The molecule has 7 heteroatoms. The zero-order chi connectivity index (χ0) is 15.5. The largest absolute Gasteiger partial charge is 0.496 e. The van der Waals surface area contributed by atoms with Crippen molar-refractivity contribution in [3.63, 3.8) is 0 Å². The van der Waals surface area contributed by atoms with E-state index in [-0.39, 0.29) is 17.1 Å². The van der Waals surface area contributed by atoms with Crippen LogP contribution < -0.4 is 15.2 Å². The van der Waals surface area contributed by atoms with Gasteiger partial charge in [-0.25, -0.2) is 13.1 Å². The molecule has 0 spiro atoms. The summed E-state index contributed by atoms with van der Waals surface area (Å²) in [5.41, 5.74) is 6.57. The second kappa shape index (κ2) is 6.34. The smallest absolute Gasteiger partial charge is 0.242 e. The minimum Gasteiger partial charge on any atom is -0.496 e. The molecule has 5 nitrogen and oxygen atoms in total. The van der Waals surface area contributed by atoms with Gasteiger partial charge in [0, 0.05) is 17.1 Å². The second-order valence-electron chi connectivity index (χ2n) is 4.32. The van der Waals surface area contributed by atoms with Gasteiger partial charge in [-0.2, -0.15) is 0 Å². The molecule has 2 rings (SSSR count). The Morgan fingerprint density at radius 3 is 2.67 bits per heavy atom. The number of halogens is 1. The number of benzene rings is 2. The fourth-order valence-corrected chi connectivity index (χ4v) is 3.24. The van der Waals surface area contributed by atoms with Gasteiger partial charge in [0.1, 0.15) is 10.6 Å². The number of rotatable bonds is 5. The predicted octanol–water partition coefficient (Wildman–Crippen LogP) is 2.41. The molecule has 0 heterocycles. The summed E-state index contributed by atoms with van der Waals surface area (Å²) >= 11 is 5.82. The maximum atomic E-state index is 12.3. The number of hydrogen-bond donors (Lipinski definition) is 2. The van der Waals surface area contributed by atoms with Gasteiger partial charge in [0.2, 0.25) is 10.0 Å². The van der Waals surface area contributed by atoms with Crippen molar-refractivity contribution < 1.29 is 13.2 Å². The molecule has 0 aromatic heterocycles. The van der Waals surface area contributed by atoms with E-state index >= 15 is 0 Å². The number of nitrogen functional groups attached to an aromatic ring is 1. The second-order valence-corrected chi connectivity index (χ2v) is 6.49. The highest BCUT2D eigenvalue weighted by Crippen LogP contribution is 2.23. The van der Waals surface area contributed by atoms with Gasteiger partial charge in [0.15, 0.2) is 0 Å². The highest BCUT2D eigenvalue weighted by Gasteiger charge is 2.18. The van der Waals surface area contributed by atoms with Gasteiger partial charge < -0.3 is 10.5 Å². The van der Waals surface area contributed by atoms with Crippen LogP contribution in [0.4, 0.5) is 5.69 Å². The van der Waals surface area contributed by atoms with Gasteiger partial charge in [-0.15, -0.1) is 0 Å². The molecule has 112 valence electrons. The Labute approximate surface area is 128 Å². The van der Waals surface area contributed by atoms with E-state index in [2.05, 4.69) is 4.72 Å². The lowest BCUT2D eigenvalue weighted by atomic mass is 10.2. The molecule has 21 heavy (non-hydrogen) atoms. The highest BCUT2D eigenvalue weighted by molar-refractivity contribution is 7.89. The summed E-state index contributed by atoms with van der Waals surface area (Å²) in [6, 6.07) is 11.5. The van der Waals surface area contributed by atoms with Gasteiger partial charge in [-0.3, -0.25) is 0 Å². The molecule has 2 aromatic rings. The standard InChI is InChI=1S/C14H15ClN2O3S/c1-20-13-5-3-2-4-10(13)9-17-21(18,19)14-8-11(15)6-7-12(14)16/h2-8,17H,9,16H2,1H3. The van der Waals surface area contributed by atoms with Crippen molar-refractivity contribution in [2.24, 2.45) is 0 Å². The first-order valence-corrected chi connectivity index (χ1v) is 7.97. The van der Waals surface area contributed by atoms with Crippen molar-refractivity contribution in [1.29, 1.82) is 0 Å². The maximum absolute atomic E-state index is 12.3. The number of anilines is 1. The third kappa shape index (κ3) is 3.66. The molecule has 0 atom stereocenters. The molecule has 0 amide bonds. The number of methoxy groups -OCH3 is 1. The van der Waals surface area contributed by atoms with Crippen LogP contribution in [0.15, 0.2) is 47.4 Å². The van der Waals surface area contributed by atoms with Crippen LogP contribution in [-0.2, 0) is 16.6 Å². The van der Waals surface area contributed by atoms with Crippen molar-refractivity contribution in [3.05, 3.63) is 53.1 Å². The van der Waals surface area contributed by atoms with E-state index in [9.17, 15) is 8.42 Å². The monoisotopic (exact) mass is 326 g/mol. The summed E-state index contributed by atoms with van der Waals surface area (Å²) in [7, 11) is -2.22. The SMILES string of the molecule is COc1ccccc1CNS(=O)(=O)c1cc(Cl)ccc1N. The topological polar surface area (TPSA) is 81.4 Å². The van der Waals surface area contributed by atoms with Gasteiger partial charge in [-0.05, 0) is 24.3 Å². The Kier molecular flexibility index (Phi) is 4.72. The van der Waals surface area contributed by atoms with Crippen LogP contribution in [0.25, 0.3) is 0 Å². The first-order valence-electron chi connectivity index (χ1n) is 6.10. The van der Waals surface area contributed by atoms with Crippen LogP contribution in [-0.4, -0.2) is 15.5 Å². The summed E-state index contributed by atoms with van der Waals surface area (Å²) in [5.74, 6) is 0.610.